The van der Waals surface area contributed by atoms with E-state index in [0.717, 1.165) is 11.4 Å². The van der Waals surface area contributed by atoms with Crippen molar-refractivity contribution in [3.05, 3.63) is 12.2 Å². The Balaban J connectivity index is 2.80. The van der Waals surface area contributed by atoms with Crippen LogP contribution in [-0.4, -0.2) is 53.3 Å². The molecule has 0 aromatic carbocycles. The fourth-order valence-corrected chi connectivity index (χ4v) is 2.35. The van der Waals surface area contributed by atoms with E-state index >= 15 is 0 Å². The zero-order valence-corrected chi connectivity index (χ0v) is 10.6. The van der Waals surface area contributed by atoms with Crippen molar-refractivity contribution in [2.45, 2.75) is 18.7 Å². The molecule has 1 rings (SSSR count). The van der Waals surface area contributed by atoms with E-state index in [1.165, 1.54) is 20.3 Å². The van der Waals surface area contributed by atoms with Crippen LogP contribution in [0.1, 0.15) is 12.7 Å². The van der Waals surface area contributed by atoms with E-state index in [2.05, 4.69) is 19.9 Å². The number of carbonyl (C=O) groups excluding carboxylic acids is 1. The van der Waals surface area contributed by atoms with Crippen molar-refractivity contribution in [2.75, 3.05) is 14.2 Å². The largest absolute Gasteiger partial charge is 0.468 e. The Kier molecular flexibility index (Phi) is 4.18. The third-order valence-corrected chi connectivity index (χ3v) is 4.34. The lowest BCUT2D eigenvalue weighted by Gasteiger charge is -2.19. The van der Waals surface area contributed by atoms with Gasteiger partial charge in [0.2, 0.25) is 10.0 Å². The number of ether oxygens (including phenoxy) is 1. The molecule has 8 nitrogen and oxygen atoms in total. The Hall–Kier alpha value is -1.48. The highest BCUT2D eigenvalue weighted by atomic mass is 32.2. The summed E-state index contributed by atoms with van der Waals surface area (Å²) in [5.41, 5.74) is 0. The van der Waals surface area contributed by atoms with Crippen molar-refractivity contribution >= 4 is 16.0 Å². The van der Waals surface area contributed by atoms with E-state index in [1.807, 2.05) is 0 Å². The summed E-state index contributed by atoms with van der Waals surface area (Å²) in [5.74, 6) is -0.400. The van der Waals surface area contributed by atoms with Gasteiger partial charge in [-0.15, -0.1) is 0 Å². The topological polar surface area (TPSA) is 105 Å². The zero-order chi connectivity index (χ0) is 13.1. The molecule has 0 aliphatic heterocycles. The predicted molar refractivity (Wildman–Crippen MR) is 58.2 cm³/mol. The summed E-state index contributed by atoms with van der Waals surface area (Å²) in [6.07, 6.45) is 1.28. The highest BCUT2D eigenvalue weighted by molar-refractivity contribution is 7.90. The van der Waals surface area contributed by atoms with Gasteiger partial charge in [0.05, 0.1) is 13.7 Å². The van der Waals surface area contributed by atoms with Crippen LogP contribution in [0.5, 0.6) is 0 Å². The van der Waals surface area contributed by atoms with Gasteiger partial charge in [0.25, 0.3) is 0 Å². The Labute approximate surface area is 99.0 Å². The SMILES string of the molecule is COC(=O)C(C)S(=O)(=O)N(C)Cc1ncn[nH]1. The third-order valence-electron chi connectivity index (χ3n) is 2.25. The average molecular weight is 262 g/mol. The summed E-state index contributed by atoms with van der Waals surface area (Å²) in [6, 6.07) is 0. The van der Waals surface area contributed by atoms with Crippen LogP contribution in [0, 0.1) is 0 Å². The van der Waals surface area contributed by atoms with Gasteiger partial charge in [-0.25, -0.2) is 13.4 Å². The molecule has 9 heteroatoms. The number of hydrogen-bond acceptors (Lipinski definition) is 6. The van der Waals surface area contributed by atoms with Crippen molar-refractivity contribution in [1.82, 2.24) is 19.5 Å². The van der Waals surface area contributed by atoms with Crippen LogP contribution in [0.25, 0.3) is 0 Å². The van der Waals surface area contributed by atoms with Crippen LogP contribution in [0.2, 0.25) is 0 Å². The Morgan fingerprint density at radius 1 is 1.65 bits per heavy atom. The first-order chi connectivity index (χ1) is 7.89. The number of methoxy groups -OCH3 is 1. The van der Waals surface area contributed by atoms with E-state index in [4.69, 9.17) is 0 Å². The second kappa shape index (κ2) is 5.23. The Morgan fingerprint density at radius 3 is 2.76 bits per heavy atom. The molecule has 0 fully saturated rings. The molecule has 0 spiro atoms. The molecule has 0 radical (unpaired) electrons. The minimum Gasteiger partial charge on any atom is -0.468 e. The normalized spacial score (nSPS) is 13.6. The van der Waals surface area contributed by atoms with Crippen molar-refractivity contribution < 1.29 is 17.9 Å². The summed E-state index contributed by atoms with van der Waals surface area (Å²) >= 11 is 0. The van der Waals surface area contributed by atoms with Gasteiger partial charge in [0, 0.05) is 7.05 Å². The predicted octanol–water partition coefficient (Wildman–Crippen LogP) is -0.872. The van der Waals surface area contributed by atoms with E-state index in [0.29, 0.717) is 5.82 Å². The van der Waals surface area contributed by atoms with E-state index in [-0.39, 0.29) is 6.54 Å². The Bertz CT molecular complexity index is 470. The molecule has 0 saturated heterocycles. The van der Waals surface area contributed by atoms with Crippen molar-refractivity contribution in [2.24, 2.45) is 0 Å². The van der Waals surface area contributed by atoms with Gasteiger partial charge in [-0.1, -0.05) is 0 Å². The molecule has 1 aromatic rings. The Morgan fingerprint density at radius 2 is 2.29 bits per heavy atom. The highest BCUT2D eigenvalue weighted by Crippen LogP contribution is 2.10. The van der Waals surface area contributed by atoms with Gasteiger partial charge in [-0.2, -0.15) is 9.40 Å². The smallest absolute Gasteiger partial charge is 0.325 e. The maximum Gasteiger partial charge on any atom is 0.325 e. The number of rotatable bonds is 5. The first-order valence-electron chi connectivity index (χ1n) is 4.76. The fraction of sp³-hybridized carbons (Fsp3) is 0.625. The van der Waals surface area contributed by atoms with E-state index in [1.54, 1.807) is 0 Å². The summed E-state index contributed by atoms with van der Waals surface area (Å²) in [6.45, 7) is 1.29. The maximum atomic E-state index is 11.9. The number of sulfonamides is 1. The standard InChI is InChI=1S/C8H14N4O4S/c1-6(8(13)16-3)17(14,15)12(2)4-7-9-5-10-11-7/h5-6H,4H2,1-3H3,(H,9,10,11). The van der Waals surface area contributed by atoms with Crippen molar-refractivity contribution in [3.8, 4) is 0 Å². The highest BCUT2D eigenvalue weighted by Gasteiger charge is 2.32. The molecular weight excluding hydrogens is 248 g/mol. The fourth-order valence-electron chi connectivity index (χ4n) is 1.17. The number of hydrogen-bond donors (Lipinski definition) is 1. The molecule has 17 heavy (non-hydrogen) atoms. The summed E-state index contributed by atoms with van der Waals surface area (Å²) < 4.78 is 29.3. The lowest BCUT2D eigenvalue weighted by atomic mass is 10.5. The van der Waals surface area contributed by atoms with Gasteiger partial charge >= 0.3 is 5.97 Å². The molecule has 0 bridgehead atoms. The molecule has 1 unspecified atom stereocenters. The van der Waals surface area contributed by atoms with Crippen LogP contribution < -0.4 is 0 Å². The third kappa shape index (κ3) is 3.01. The molecule has 1 atom stereocenters. The molecular formula is C8H14N4O4S. The molecule has 0 aliphatic rings. The number of nitrogens with one attached hydrogen (secondary N) is 1. The van der Waals surface area contributed by atoms with Crippen molar-refractivity contribution in [3.63, 3.8) is 0 Å². The first-order valence-corrected chi connectivity index (χ1v) is 6.27. The maximum absolute atomic E-state index is 11.9. The van der Waals surface area contributed by atoms with Crippen LogP contribution in [0.15, 0.2) is 6.33 Å². The number of esters is 1. The van der Waals surface area contributed by atoms with E-state index in [9.17, 15) is 13.2 Å². The summed E-state index contributed by atoms with van der Waals surface area (Å²) in [7, 11) is -1.25. The monoisotopic (exact) mass is 262 g/mol. The second-order valence-corrected chi connectivity index (χ2v) is 5.76. The number of nitrogens with zero attached hydrogens (tertiary/aromatic N) is 3. The van der Waals surface area contributed by atoms with Crippen molar-refractivity contribution in [1.29, 1.82) is 0 Å². The van der Waals surface area contributed by atoms with Crippen LogP contribution >= 0.6 is 0 Å². The number of aromatic amines is 1. The van der Waals surface area contributed by atoms with Gasteiger partial charge in [-0.3, -0.25) is 9.89 Å². The van der Waals surface area contributed by atoms with Crippen LogP contribution in [0.4, 0.5) is 0 Å². The number of carbonyl (C=O) groups is 1. The van der Waals surface area contributed by atoms with E-state index < -0.39 is 21.2 Å². The molecule has 1 aromatic heterocycles. The molecule has 0 aliphatic carbocycles. The van der Waals surface area contributed by atoms with Crippen LogP contribution in [0.3, 0.4) is 0 Å². The molecule has 96 valence electrons. The molecule has 1 heterocycles. The molecule has 0 saturated carbocycles. The number of aromatic nitrogens is 3. The number of H-pyrrole nitrogens is 1. The molecule has 1 N–H and O–H groups in total. The summed E-state index contributed by atoms with van der Waals surface area (Å²) in [4.78, 5) is 15.0. The minimum atomic E-state index is -3.76. The second-order valence-electron chi connectivity index (χ2n) is 3.40. The van der Waals surface area contributed by atoms with Crippen LogP contribution in [-0.2, 0) is 26.1 Å². The first kappa shape index (κ1) is 13.6. The summed E-state index contributed by atoms with van der Waals surface area (Å²) in [5, 5.41) is 4.89. The average Bonchev–Trinajstić information content (AvgIpc) is 2.79. The van der Waals surface area contributed by atoms with Gasteiger partial charge in [-0.05, 0) is 6.92 Å². The zero-order valence-electron chi connectivity index (χ0n) is 9.74. The molecule has 0 amide bonds. The lowest BCUT2D eigenvalue weighted by Crippen LogP contribution is -2.39. The van der Waals surface area contributed by atoms with Gasteiger partial charge < -0.3 is 4.74 Å². The van der Waals surface area contributed by atoms with Gasteiger partial charge in [0.15, 0.2) is 5.25 Å². The van der Waals surface area contributed by atoms with Gasteiger partial charge in [0.1, 0.15) is 12.2 Å². The lowest BCUT2D eigenvalue weighted by molar-refractivity contribution is -0.139. The quantitative estimate of drug-likeness (QED) is 0.691. The minimum absolute atomic E-state index is 0.0175.